The van der Waals surface area contributed by atoms with E-state index in [9.17, 15) is 18.4 Å². The Balaban J connectivity index is 1.67. The van der Waals surface area contributed by atoms with Gasteiger partial charge in [0.2, 0.25) is 0 Å². The molecule has 1 unspecified atom stereocenters. The van der Waals surface area contributed by atoms with Crippen molar-refractivity contribution < 1.29 is 33.0 Å². The van der Waals surface area contributed by atoms with Crippen LogP contribution >= 0.6 is 11.6 Å². The van der Waals surface area contributed by atoms with Gasteiger partial charge in [-0.15, -0.1) is 0 Å². The number of halogens is 3. The molecule has 11 heteroatoms. The fourth-order valence-corrected chi connectivity index (χ4v) is 4.76. The van der Waals surface area contributed by atoms with Crippen LogP contribution in [-0.2, 0) is 28.9 Å². The number of amides is 1. The van der Waals surface area contributed by atoms with Crippen LogP contribution in [0.1, 0.15) is 41.0 Å². The van der Waals surface area contributed by atoms with Gasteiger partial charge in [-0.2, -0.15) is 5.10 Å². The van der Waals surface area contributed by atoms with Crippen molar-refractivity contribution >= 4 is 23.7 Å². The molecular weight excluding hydrogens is 508 g/mol. The van der Waals surface area contributed by atoms with E-state index in [1.165, 1.54) is 29.2 Å². The second-order valence-corrected chi connectivity index (χ2v) is 9.03. The molecule has 2 aromatic carbocycles. The number of aliphatic carboxylic acids is 1. The average Bonchev–Trinajstić information content (AvgIpc) is 3.23. The van der Waals surface area contributed by atoms with Crippen molar-refractivity contribution in [2.75, 3.05) is 19.8 Å². The summed E-state index contributed by atoms with van der Waals surface area (Å²) in [6.07, 6.45) is -0.152. The van der Waals surface area contributed by atoms with Crippen molar-refractivity contribution in [3.05, 3.63) is 81.1 Å². The molecule has 0 spiro atoms. The summed E-state index contributed by atoms with van der Waals surface area (Å²) < 4.78 is 41.7. The Kier molecular flexibility index (Phi) is 7.97. The predicted octanol–water partition coefficient (Wildman–Crippen LogP) is 4.93. The van der Waals surface area contributed by atoms with E-state index in [1.54, 1.807) is 0 Å². The lowest BCUT2D eigenvalue weighted by Crippen LogP contribution is -2.41. The van der Waals surface area contributed by atoms with Crippen LogP contribution in [0.15, 0.2) is 36.4 Å². The van der Waals surface area contributed by atoms with Crippen LogP contribution in [0.3, 0.4) is 0 Å². The van der Waals surface area contributed by atoms with Crippen molar-refractivity contribution in [3.63, 3.8) is 0 Å². The molecule has 37 heavy (non-hydrogen) atoms. The predicted molar refractivity (Wildman–Crippen MR) is 131 cm³/mol. The van der Waals surface area contributed by atoms with E-state index in [-0.39, 0.29) is 30.9 Å². The van der Waals surface area contributed by atoms with E-state index in [1.807, 2.05) is 24.6 Å². The van der Waals surface area contributed by atoms with E-state index in [2.05, 4.69) is 5.10 Å². The number of hydrogen-bond acceptors (Lipinski definition) is 5. The maximum absolute atomic E-state index is 14.7. The highest BCUT2D eigenvalue weighted by molar-refractivity contribution is 6.30. The number of fused-ring (bicyclic) bond motifs is 1. The highest BCUT2D eigenvalue weighted by Crippen LogP contribution is 2.41. The molecule has 0 aliphatic carbocycles. The lowest BCUT2D eigenvalue weighted by Gasteiger charge is -2.37. The number of aromatic nitrogens is 2. The monoisotopic (exact) mass is 533 g/mol. The van der Waals surface area contributed by atoms with E-state index >= 15 is 0 Å². The van der Waals surface area contributed by atoms with Crippen LogP contribution in [0.5, 0.6) is 5.75 Å². The highest BCUT2D eigenvalue weighted by Gasteiger charge is 2.37. The molecule has 2 heterocycles. The number of hydrogen-bond donors (Lipinski definition) is 1. The van der Waals surface area contributed by atoms with Gasteiger partial charge >= 0.3 is 12.1 Å². The minimum atomic E-state index is -1.20. The van der Waals surface area contributed by atoms with Gasteiger partial charge in [-0.1, -0.05) is 17.7 Å². The number of aryl methyl sites for hydroxylation is 2. The molecule has 1 atom stereocenters. The fraction of sp³-hybridized carbons (Fsp3) is 0.346. The molecule has 0 saturated heterocycles. The third-order valence-electron chi connectivity index (χ3n) is 6.16. The van der Waals surface area contributed by atoms with Crippen LogP contribution in [0.2, 0.25) is 5.02 Å². The maximum atomic E-state index is 14.7. The number of carboxylic acid groups (broad SMARTS) is 1. The summed E-state index contributed by atoms with van der Waals surface area (Å²) in [6.45, 7) is 4.01. The van der Waals surface area contributed by atoms with Crippen molar-refractivity contribution in [2.24, 2.45) is 0 Å². The lowest BCUT2D eigenvalue weighted by molar-refractivity contribution is -0.139. The lowest BCUT2D eigenvalue weighted by atomic mass is 9.87. The molecule has 0 saturated carbocycles. The van der Waals surface area contributed by atoms with Crippen molar-refractivity contribution in [1.29, 1.82) is 0 Å². The van der Waals surface area contributed by atoms with Gasteiger partial charge in [0.1, 0.15) is 5.75 Å². The number of carboxylic acids is 1. The number of nitrogens with zero attached hydrogens (tertiary/aromatic N) is 3. The van der Waals surface area contributed by atoms with E-state index in [4.69, 9.17) is 26.2 Å². The number of benzene rings is 2. The minimum Gasteiger partial charge on any atom is -0.482 e. The standard InChI is InChI=1S/C26H26ClF2N3O5/c1-3-32-17(12-15(2)30-32)9-11-36-26(35)31-10-8-18-19(5-6-21(28)24(18)29)25(31)20-13-16(27)4-7-22(20)37-14-23(33)34/h4-7,12-13,25H,3,8-11,14H2,1-2H3,(H,33,34). The molecule has 1 N–H and O–H groups in total. The first-order chi connectivity index (χ1) is 17.7. The van der Waals surface area contributed by atoms with E-state index in [0.29, 0.717) is 29.1 Å². The summed E-state index contributed by atoms with van der Waals surface area (Å²) in [5.74, 6) is -3.04. The Hall–Kier alpha value is -3.66. The number of carbonyl (C=O) groups is 2. The van der Waals surface area contributed by atoms with Crippen LogP contribution in [0.25, 0.3) is 0 Å². The topological polar surface area (TPSA) is 93.9 Å². The zero-order valence-corrected chi connectivity index (χ0v) is 21.1. The highest BCUT2D eigenvalue weighted by atomic mass is 35.5. The first kappa shape index (κ1) is 26.4. The Morgan fingerprint density at radius 2 is 1.97 bits per heavy atom. The first-order valence-corrected chi connectivity index (χ1v) is 12.1. The smallest absolute Gasteiger partial charge is 0.410 e. The molecule has 1 amide bonds. The molecule has 0 radical (unpaired) electrons. The van der Waals surface area contributed by atoms with Gasteiger partial charge in [-0.05, 0) is 61.7 Å². The molecule has 1 aliphatic heterocycles. The van der Waals surface area contributed by atoms with Crippen LogP contribution in [0, 0.1) is 18.6 Å². The number of ether oxygens (including phenoxy) is 2. The molecule has 8 nitrogen and oxygen atoms in total. The summed E-state index contributed by atoms with van der Waals surface area (Å²) in [5.41, 5.74) is 2.58. The van der Waals surface area contributed by atoms with Gasteiger partial charge in [0.15, 0.2) is 18.2 Å². The Morgan fingerprint density at radius 3 is 2.70 bits per heavy atom. The summed E-state index contributed by atoms with van der Waals surface area (Å²) in [4.78, 5) is 25.8. The van der Waals surface area contributed by atoms with Crippen LogP contribution < -0.4 is 4.74 Å². The molecule has 0 bridgehead atoms. The number of rotatable bonds is 8. The van der Waals surface area contributed by atoms with Gasteiger partial charge in [0.25, 0.3) is 0 Å². The summed E-state index contributed by atoms with van der Waals surface area (Å²) in [5, 5.41) is 13.8. The average molecular weight is 534 g/mol. The zero-order chi connectivity index (χ0) is 26.7. The Morgan fingerprint density at radius 1 is 1.19 bits per heavy atom. The molecule has 1 aliphatic rings. The molecule has 196 valence electrons. The fourth-order valence-electron chi connectivity index (χ4n) is 4.58. The van der Waals surface area contributed by atoms with Gasteiger partial charge in [0, 0.05) is 35.8 Å². The second kappa shape index (κ2) is 11.2. The normalized spacial score (nSPS) is 14.8. The van der Waals surface area contributed by atoms with Crippen molar-refractivity contribution in [2.45, 2.75) is 39.3 Å². The Labute approximate surface area is 217 Å². The molecule has 3 aromatic rings. The largest absolute Gasteiger partial charge is 0.482 e. The first-order valence-electron chi connectivity index (χ1n) is 11.8. The Bertz CT molecular complexity index is 1330. The third-order valence-corrected chi connectivity index (χ3v) is 6.40. The summed E-state index contributed by atoms with van der Waals surface area (Å²) in [7, 11) is 0. The van der Waals surface area contributed by atoms with Gasteiger partial charge < -0.3 is 14.6 Å². The van der Waals surface area contributed by atoms with E-state index < -0.39 is 36.3 Å². The summed E-state index contributed by atoms with van der Waals surface area (Å²) >= 11 is 6.24. The van der Waals surface area contributed by atoms with Crippen molar-refractivity contribution in [3.8, 4) is 5.75 Å². The van der Waals surface area contributed by atoms with Crippen LogP contribution in [0.4, 0.5) is 13.6 Å². The second-order valence-electron chi connectivity index (χ2n) is 8.60. The zero-order valence-electron chi connectivity index (χ0n) is 20.3. The minimum absolute atomic E-state index is 0.0355. The van der Waals surface area contributed by atoms with Crippen molar-refractivity contribution in [1.82, 2.24) is 14.7 Å². The van der Waals surface area contributed by atoms with E-state index in [0.717, 1.165) is 17.5 Å². The van der Waals surface area contributed by atoms with Crippen LogP contribution in [-0.4, -0.2) is 51.6 Å². The van der Waals surface area contributed by atoms with Gasteiger partial charge in [-0.3, -0.25) is 9.58 Å². The summed E-state index contributed by atoms with van der Waals surface area (Å²) in [6, 6.07) is 7.88. The SMILES string of the molecule is CCn1nc(C)cc1CCOC(=O)N1CCc2c(ccc(F)c2F)C1c1cc(Cl)ccc1OCC(=O)O. The van der Waals surface area contributed by atoms with Gasteiger partial charge in [-0.25, -0.2) is 18.4 Å². The number of carbonyl (C=O) groups excluding carboxylic acids is 1. The third kappa shape index (κ3) is 5.69. The van der Waals surface area contributed by atoms with Gasteiger partial charge in [0.05, 0.1) is 18.3 Å². The quantitative estimate of drug-likeness (QED) is 0.441. The molecule has 4 rings (SSSR count). The molecule has 1 aromatic heterocycles. The maximum Gasteiger partial charge on any atom is 0.410 e. The molecular formula is C26H26ClF2N3O5. The molecule has 0 fully saturated rings.